The van der Waals surface area contributed by atoms with Crippen molar-refractivity contribution in [1.29, 1.82) is 0 Å². The van der Waals surface area contributed by atoms with Gasteiger partial charge in [0.2, 0.25) is 5.91 Å². The molecule has 1 amide bonds. The summed E-state index contributed by atoms with van der Waals surface area (Å²) in [4.78, 5) is 15.0. The van der Waals surface area contributed by atoms with Crippen LogP contribution in [0.15, 0.2) is 78.9 Å². The molecule has 3 aromatic rings. The number of nitrogens with zero attached hydrogens (tertiary/aromatic N) is 1. The minimum absolute atomic E-state index is 0.0784. The van der Waals surface area contributed by atoms with Crippen molar-refractivity contribution in [1.82, 2.24) is 0 Å². The summed E-state index contributed by atoms with van der Waals surface area (Å²) >= 11 is 0. The predicted molar refractivity (Wildman–Crippen MR) is 108 cm³/mol. The summed E-state index contributed by atoms with van der Waals surface area (Å²) in [5.41, 5.74) is 4.08. The molecule has 4 nitrogen and oxygen atoms in total. The molecule has 4 rings (SSSR count). The molecular formula is C23H22N2O2. The van der Waals surface area contributed by atoms with Gasteiger partial charge in [0, 0.05) is 0 Å². The highest BCUT2D eigenvalue weighted by atomic mass is 16.5. The van der Waals surface area contributed by atoms with E-state index in [9.17, 15) is 4.79 Å². The second kappa shape index (κ2) is 7.54. The second-order valence-electron chi connectivity index (χ2n) is 6.66. The van der Waals surface area contributed by atoms with Crippen LogP contribution < -0.4 is 15.0 Å². The van der Waals surface area contributed by atoms with Crippen LogP contribution in [-0.4, -0.2) is 13.0 Å². The number of anilines is 2. The van der Waals surface area contributed by atoms with Crippen LogP contribution in [0.5, 0.6) is 5.75 Å². The topological polar surface area (TPSA) is 41.6 Å². The number of hydrogen-bond donors (Lipinski definition) is 1. The molecule has 0 fully saturated rings. The van der Waals surface area contributed by atoms with E-state index in [2.05, 4.69) is 17.4 Å². The minimum atomic E-state index is -0.0784. The van der Waals surface area contributed by atoms with E-state index in [0.717, 1.165) is 28.3 Å². The monoisotopic (exact) mass is 358 g/mol. The van der Waals surface area contributed by atoms with Gasteiger partial charge in [0.25, 0.3) is 0 Å². The van der Waals surface area contributed by atoms with Crippen LogP contribution in [0.3, 0.4) is 0 Å². The highest BCUT2D eigenvalue weighted by molar-refractivity contribution is 5.98. The summed E-state index contributed by atoms with van der Waals surface area (Å²) in [6.07, 6.45) is 0.397. The lowest BCUT2D eigenvalue weighted by atomic mass is 10.0. The molecule has 136 valence electrons. The number of hydrogen-bond acceptors (Lipinski definition) is 3. The van der Waals surface area contributed by atoms with Crippen molar-refractivity contribution in [3.63, 3.8) is 0 Å². The Balaban J connectivity index is 1.67. The third kappa shape index (κ3) is 3.65. The molecule has 0 aromatic heterocycles. The van der Waals surface area contributed by atoms with Gasteiger partial charge in [0.05, 0.1) is 37.5 Å². The van der Waals surface area contributed by atoms with Crippen molar-refractivity contribution >= 4 is 17.3 Å². The van der Waals surface area contributed by atoms with Crippen LogP contribution in [0.1, 0.15) is 23.6 Å². The summed E-state index contributed by atoms with van der Waals surface area (Å²) < 4.78 is 5.25. The van der Waals surface area contributed by atoms with E-state index in [1.807, 2.05) is 71.6 Å². The van der Waals surface area contributed by atoms with Gasteiger partial charge in [-0.3, -0.25) is 4.79 Å². The number of amides is 1. The van der Waals surface area contributed by atoms with Crippen molar-refractivity contribution in [2.45, 2.75) is 19.0 Å². The van der Waals surface area contributed by atoms with Crippen LogP contribution >= 0.6 is 0 Å². The summed E-state index contributed by atoms with van der Waals surface area (Å²) in [6, 6.07) is 25.9. The van der Waals surface area contributed by atoms with Crippen molar-refractivity contribution in [3.05, 3.63) is 90.0 Å². The van der Waals surface area contributed by atoms with Crippen LogP contribution in [-0.2, 0) is 11.3 Å². The van der Waals surface area contributed by atoms with Crippen LogP contribution in [0.2, 0.25) is 0 Å². The quantitative estimate of drug-likeness (QED) is 0.729. The van der Waals surface area contributed by atoms with Gasteiger partial charge in [-0.2, -0.15) is 0 Å². The molecule has 1 atom stereocenters. The van der Waals surface area contributed by atoms with Crippen molar-refractivity contribution in [2.24, 2.45) is 0 Å². The predicted octanol–water partition coefficient (Wildman–Crippen LogP) is 4.79. The zero-order valence-electron chi connectivity index (χ0n) is 15.3. The first-order chi connectivity index (χ1) is 13.2. The molecule has 27 heavy (non-hydrogen) atoms. The van der Waals surface area contributed by atoms with Crippen LogP contribution in [0, 0.1) is 0 Å². The molecular weight excluding hydrogens is 336 g/mol. The number of rotatable bonds is 4. The zero-order valence-corrected chi connectivity index (χ0v) is 15.3. The lowest BCUT2D eigenvalue weighted by Gasteiger charge is -2.22. The molecule has 1 heterocycles. The number of carbonyl (C=O) groups excluding carboxylic acids is 1. The van der Waals surface area contributed by atoms with Gasteiger partial charge in [-0.05, 0) is 35.4 Å². The van der Waals surface area contributed by atoms with E-state index < -0.39 is 0 Å². The Kier molecular flexibility index (Phi) is 4.79. The molecule has 0 spiro atoms. The van der Waals surface area contributed by atoms with Crippen LogP contribution in [0.4, 0.5) is 11.4 Å². The first-order valence-electron chi connectivity index (χ1n) is 9.08. The molecule has 0 aliphatic carbocycles. The maximum absolute atomic E-state index is 13.1. The molecule has 1 aliphatic heterocycles. The van der Waals surface area contributed by atoms with Gasteiger partial charge in [0.1, 0.15) is 5.75 Å². The van der Waals surface area contributed by atoms with Crippen molar-refractivity contribution < 1.29 is 9.53 Å². The minimum Gasteiger partial charge on any atom is -0.497 e. The zero-order chi connectivity index (χ0) is 18.6. The molecule has 3 aromatic carbocycles. The fourth-order valence-corrected chi connectivity index (χ4v) is 3.47. The van der Waals surface area contributed by atoms with Gasteiger partial charge in [-0.25, -0.2) is 0 Å². The first kappa shape index (κ1) is 17.2. The summed E-state index contributed by atoms with van der Waals surface area (Å²) in [5, 5.41) is 3.56. The van der Waals surface area contributed by atoms with Gasteiger partial charge in [-0.15, -0.1) is 0 Å². The number of fused-ring (bicyclic) bond motifs is 1. The Labute approximate surface area is 159 Å². The van der Waals surface area contributed by atoms with E-state index in [1.165, 1.54) is 0 Å². The van der Waals surface area contributed by atoms with Gasteiger partial charge >= 0.3 is 0 Å². The highest BCUT2D eigenvalue weighted by Gasteiger charge is 2.28. The maximum atomic E-state index is 13.1. The van der Waals surface area contributed by atoms with Crippen LogP contribution in [0.25, 0.3) is 0 Å². The maximum Gasteiger partial charge on any atom is 0.229 e. The Morgan fingerprint density at radius 2 is 1.67 bits per heavy atom. The Bertz CT molecular complexity index is 923. The Morgan fingerprint density at radius 1 is 0.963 bits per heavy atom. The number of benzene rings is 3. The summed E-state index contributed by atoms with van der Waals surface area (Å²) in [7, 11) is 1.65. The molecule has 1 N–H and O–H groups in total. The average molecular weight is 358 g/mol. The van der Waals surface area contributed by atoms with Crippen molar-refractivity contribution in [3.8, 4) is 5.75 Å². The number of carbonyl (C=O) groups is 1. The molecule has 1 aliphatic rings. The standard InChI is InChI=1S/C23H22N2O2/c1-27-19-13-11-18(12-14-19)21-15-23(26)25(16-17-7-3-2-4-8-17)22-10-6-5-9-20(22)24-21/h2-14,21,24H,15-16H2,1H3. The lowest BCUT2D eigenvalue weighted by Crippen LogP contribution is -2.30. The van der Waals surface area contributed by atoms with Gasteiger partial charge in [0.15, 0.2) is 0 Å². The average Bonchev–Trinajstić information content (AvgIpc) is 2.86. The number of ether oxygens (including phenoxy) is 1. The smallest absolute Gasteiger partial charge is 0.229 e. The van der Waals surface area contributed by atoms with E-state index >= 15 is 0 Å². The van der Waals surface area contributed by atoms with E-state index in [-0.39, 0.29) is 11.9 Å². The SMILES string of the molecule is COc1ccc(C2CC(=O)N(Cc3ccccc3)c3ccccc3N2)cc1. The number of methoxy groups -OCH3 is 1. The highest BCUT2D eigenvalue weighted by Crippen LogP contribution is 2.36. The van der Waals surface area contributed by atoms with E-state index in [4.69, 9.17) is 4.74 Å². The molecule has 1 unspecified atom stereocenters. The molecule has 0 radical (unpaired) electrons. The Hall–Kier alpha value is -3.27. The number of para-hydroxylation sites is 2. The normalized spacial score (nSPS) is 16.3. The van der Waals surface area contributed by atoms with E-state index in [0.29, 0.717) is 13.0 Å². The molecule has 0 bridgehead atoms. The first-order valence-corrected chi connectivity index (χ1v) is 9.08. The molecule has 0 saturated heterocycles. The van der Waals surface area contributed by atoms with E-state index in [1.54, 1.807) is 7.11 Å². The Morgan fingerprint density at radius 3 is 2.41 bits per heavy atom. The summed E-state index contributed by atoms with van der Waals surface area (Å²) in [5.74, 6) is 0.918. The third-order valence-electron chi connectivity index (χ3n) is 4.91. The largest absolute Gasteiger partial charge is 0.497 e. The lowest BCUT2D eigenvalue weighted by molar-refractivity contribution is -0.118. The third-order valence-corrected chi connectivity index (χ3v) is 4.91. The van der Waals surface area contributed by atoms with Gasteiger partial charge < -0.3 is 15.0 Å². The second-order valence-corrected chi connectivity index (χ2v) is 6.66. The van der Waals surface area contributed by atoms with Gasteiger partial charge in [-0.1, -0.05) is 54.6 Å². The summed E-state index contributed by atoms with van der Waals surface area (Å²) in [6.45, 7) is 0.563. The fourth-order valence-electron chi connectivity index (χ4n) is 3.47. The molecule has 4 heteroatoms. The molecule has 0 saturated carbocycles. The fraction of sp³-hybridized carbons (Fsp3) is 0.174. The van der Waals surface area contributed by atoms with Crippen molar-refractivity contribution in [2.75, 3.05) is 17.3 Å². The number of nitrogens with one attached hydrogen (secondary N) is 1.